The first-order chi connectivity index (χ1) is 6.33. The molecule has 0 heterocycles. The molecule has 0 aliphatic carbocycles. The van der Waals surface area contributed by atoms with Crippen LogP contribution < -0.4 is 0 Å². The quantitative estimate of drug-likeness (QED) is 0.519. The Morgan fingerprint density at radius 3 is 2.69 bits per heavy atom. The highest BCUT2D eigenvalue weighted by Gasteiger charge is 1.90. The number of ether oxygens (including phenoxy) is 1. The first kappa shape index (κ1) is 9.52. The van der Waals surface area contributed by atoms with Crippen LogP contribution in [0.15, 0.2) is 42.5 Å². The highest BCUT2D eigenvalue weighted by Crippen LogP contribution is 1.99. The van der Waals surface area contributed by atoms with Gasteiger partial charge in [-0.1, -0.05) is 36.4 Å². The van der Waals surface area contributed by atoms with Gasteiger partial charge in [0.25, 0.3) is 0 Å². The lowest BCUT2D eigenvalue weighted by Gasteiger charge is -1.93. The zero-order valence-corrected chi connectivity index (χ0v) is 7.57. The van der Waals surface area contributed by atoms with Crippen LogP contribution in [0.25, 0.3) is 0 Å². The van der Waals surface area contributed by atoms with Crippen molar-refractivity contribution < 1.29 is 9.53 Å². The van der Waals surface area contributed by atoms with Gasteiger partial charge in [0.15, 0.2) is 0 Å². The standard InChI is InChI=1S/C11H12O2/c1-13-11(12)9-5-8-10-6-3-2-4-7-10/h2-7,9H,8H2,1H3. The summed E-state index contributed by atoms with van der Waals surface area (Å²) in [5.41, 5.74) is 1.18. The first-order valence-electron chi connectivity index (χ1n) is 4.11. The largest absolute Gasteiger partial charge is 0.466 e. The van der Waals surface area contributed by atoms with Gasteiger partial charge < -0.3 is 4.74 Å². The van der Waals surface area contributed by atoms with E-state index in [2.05, 4.69) is 4.74 Å². The highest BCUT2D eigenvalue weighted by molar-refractivity contribution is 5.81. The van der Waals surface area contributed by atoms with Crippen LogP contribution in [0.5, 0.6) is 0 Å². The van der Waals surface area contributed by atoms with E-state index < -0.39 is 0 Å². The van der Waals surface area contributed by atoms with Crippen molar-refractivity contribution in [2.24, 2.45) is 0 Å². The minimum Gasteiger partial charge on any atom is -0.466 e. The van der Waals surface area contributed by atoms with Crippen LogP contribution in [0.3, 0.4) is 0 Å². The molecule has 0 saturated carbocycles. The van der Waals surface area contributed by atoms with Crippen LogP contribution >= 0.6 is 0 Å². The van der Waals surface area contributed by atoms with Gasteiger partial charge in [-0.05, 0) is 12.0 Å². The van der Waals surface area contributed by atoms with E-state index in [-0.39, 0.29) is 5.97 Å². The Morgan fingerprint density at radius 2 is 2.08 bits per heavy atom. The molecule has 0 N–H and O–H groups in total. The van der Waals surface area contributed by atoms with Gasteiger partial charge in [-0.2, -0.15) is 0 Å². The fourth-order valence-electron chi connectivity index (χ4n) is 0.973. The molecule has 1 aromatic carbocycles. The summed E-state index contributed by atoms with van der Waals surface area (Å²) in [5, 5.41) is 0. The Morgan fingerprint density at radius 1 is 1.38 bits per heavy atom. The number of rotatable bonds is 3. The molecule has 0 aliphatic heterocycles. The monoisotopic (exact) mass is 176 g/mol. The van der Waals surface area contributed by atoms with Crippen molar-refractivity contribution in [2.45, 2.75) is 6.42 Å². The van der Waals surface area contributed by atoms with E-state index in [9.17, 15) is 4.79 Å². The molecule has 0 aromatic heterocycles. The molecule has 68 valence electrons. The second kappa shape index (κ2) is 5.14. The van der Waals surface area contributed by atoms with E-state index in [1.54, 1.807) is 6.08 Å². The summed E-state index contributed by atoms with van der Waals surface area (Å²) in [5.74, 6) is -0.309. The van der Waals surface area contributed by atoms with Crippen molar-refractivity contribution in [3.63, 3.8) is 0 Å². The molecule has 0 fully saturated rings. The average molecular weight is 176 g/mol. The molecular formula is C11H12O2. The maximum Gasteiger partial charge on any atom is 0.330 e. The van der Waals surface area contributed by atoms with E-state index in [0.29, 0.717) is 0 Å². The Balaban J connectivity index is 2.44. The van der Waals surface area contributed by atoms with E-state index in [0.717, 1.165) is 6.42 Å². The maximum atomic E-state index is 10.7. The molecule has 0 radical (unpaired) electrons. The number of hydrogen-bond donors (Lipinski definition) is 0. The maximum absolute atomic E-state index is 10.7. The summed E-state index contributed by atoms with van der Waals surface area (Å²) >= 11 is 0. The SMILES string of the molecule is COC(=O)C=CCc1ccccc1. The summed E-state index contributed by atoms with van der Waals surface area (Å²) in [4.78, 5) is 10.7. The zero-order valence-electron chi connectivity index (χ0n) is 7.57. The smallest absolute Gasteiger partial charge is 0.330 e. The minimum atomic E-state index is -0.309. The number of esters is 1. The van der Waals surface area contributed by atoms with Crippen LogP contribution in [0.2, 0.25) is 0 Å². The van der Waals surface area contributed by atoms with Crippen molar-refractivity contribution in [1.82, 2.24) is 0 Å². The number of hydrogen-bond acceptors (Lipinski definition) is 2. The van der Waals surface area contributed by atoms with Crippen LogP contribution in [0.4, 0.5) is 0 Å². The normalized spacial score (nSPS) is 10.2. The second-order valence-electron chi connectivity index (χ2n) is 2.62. The van der Waals surface area contributed by atoms with Crippen LogP contribution in [-0.2, 0) is 16.0 Å². The Bertz CT molecular complexity index is 288. The molecule has 0 saturated heterocycles. The molecule has 0 atom stereocenters. The summed E-state index contributed by atoms with van der Waals surface area (Å²) in [6.07, 6.45) is 3.99. The van der Waals surface area contributed by atoms with Gasteiger partial charge in [-0.15, -0.1) is 0 Å². The fraction of sp³-hybridized carbons (Fsp3) is 0.182. The van der Waals surface area contributed by atoms with Crippen LogP contribution in [-0.4, -0.2) is 13.1 Å². The minimum absolute atomic E-state index is 0.309. The van der Waals surface area contributed by atoms with Gasteiger partial charge in [0.05, 0.1) is 7.11 Å². The van der Waals surface area contributed by atoms with Crippen molar-refractivity contribution in [1.29, 1.82) is 0 Å². The molecule has 0 unspecified atom stereocenters. The fourth-order valence-corrected chi connectivity index (χ4v) is 0.973. The average Bonchev–Trinajstić information content (AvgIpc) is 2.19. The number of allylic oxidation sites excluding steroid dienone is 1. The molecule has 13 heavy (non-hydrogen) atoms. The summed E-state index contributed by atoms with van der Waals surface area (Å²) in [6, 6.07) is 9.94. The summed E-state index contributed by atoms with van der Waals surface area (Å²) in [6.45, 7) is 0. The van der Waals surface area contributed by atoms with Crippen molar-refractivity contribution in [2.75, 3.05) is 7.11 Å². The Hall–Kier alpha value is -1.57. The lowest BCUT2D eigenvalue weighted by Crippen LogP contribution is -1.93. The van der Waals surface area contributed by atoms with Gasteiger partial charge in [0.2, 0.25) is 0 Å². The predicted octanol–water partition coefficient (Wildman–Crippen LogP) is 1.96. The Kier molecular flexibility index (Phi) is 3.76. The van der Waals surface area contributed by atoms with Gasteiger partial charge in [-0.25, -0.2) is 4.79 Å². The number of carbonyl (C=O) groups excluding carboxylic acids is 1. The molecule has 2 heteroatoms. The molecule has 0 bridgehead atoms. The van der Waals surface area contributed by atoms with E-state index in [1.165, 1.54) is 18.7 Å². The van der Waals surface area contributed by atoms with Gasteiger partial charge in [0, 0.05) is 6.08 Å². The molecule has 0 aliphatic rings. The lowest BCUT2D eigenvalue weighted by atomic mass is 10.1. The van der Waals surface area contributed by atoms with E-state index in [1.807, 2.05) is 30.3 Å². The molecule has 1 rings (SSSR count). The topological polar surface area (TPSA) is 26.3 Å². The van der Waals surface area contributed by atoms with Gasteiger partial charge >= 0.3 is 5.97 Å². The van der Waals surface area contributed by atoms with Crippen molar-refractivity contribution in [3.05, 3.63) is 48.0 Å². The zero-order chi connectivity index (χ0) is 9.52. The molecule has 1 aromatic rings. The van der Waals surface area contributed by atoms with Crippen molar-refractivity contribution in [3.8, 4) is 0 Å². The number of benzene rings is 1. The van der Waals surface area contributed by atoms with Crippen molar-refractivity contribution >= 4 is 5.97 Å². The third kappa shape index (κ3) is 3.56. The number of methoxy groups -OCH3 is 1. The summed E-state index contributed by atoms with van der Waals surface area (Å²) < 4.78 is 4.46. The molecule has 0 spiro atoms. The van der Waals surface area contributed by atoms with Gasteiger partial charge in [0.1, 0.15) is 0 Å². The molecular weight excluding hydrogens is 164 g/mol. The summed E-state index contributed by atoms with van der Waals surface area (Å²) in [7, 11) is 1.37. The molecule has 0 amide bonds. The lowest BCUT2D eigenvalue weighted by molar-refractivity contribution is -0.134. The van der Waals surface area contributed by atoms with E-state index >= 15 is 0 Å². The highest BCUT2D eigenvalue weighted by atomic mass is 16.5. The van der Waals surface area contributed by atoms with Crippen LogP contribution in [0, 0.1) is 0 Å². The predicted molar refractivity (Wildman–Crippen MR) is 51.3 cm³/mol. The van der Waals surface area contributed by atoms with Gasteiger partial charge in [-0.3, -0.25) is 0 Å². The third-order valence-corrected chi connectivity index (χ3v) is 1.65. The van der Waals surface area contributed by atoms with Crippen LogP contribution in [0.1, 0.15) is 5.56 Å². The molecule has 2 nitrogen and oxygen atoms in total. The third-order valence-electron chi connectivity index (χ3n) is 1.65. The second-order valence-corrected chi connectivity index (χ2v) is 2.62. The number of carbonyl (C=O) groups is 1. The van der Waals surface area contributed by atoms with E-state index in [4.69, 9.17) is 0 Å². The first-order valence-corrected chi connectivity index (χ1v) is 4.11. The Labute approximate surface area is 77.8 Å².